The molecule has 0 radical (unpaired) electrons. The molecule has 0 saturated carbocycles. The van der Waals surface area contributed by atoms with E-state index in [0.717, 1.165) is 28.2 Å². The Kier molecular flexibility index (Phi) is 5.21. The number of alkyl halides is 1. The minimum atomic E-state index is 0.0284. The van der Waals surface area contributed by atoms with Crippen LogP contribution in [0.1, 0.15) is 24.3 Å². The van der Waals surface area contributed by atoms with Gasteiger partial charge in [0.25, 0.3) is 0 Å². The van der Waals surface area contributed by atoms with E-state index in [9.17, 15) is 0 Å². The topological polar surface area (TPSA) is 23.8 Å². The molecule has 1 unspecified atom stereocenters. The van der Waals surface area contributed by atoms with Crippen LogP contribution in [0.3, 0.4) is 0 Å². The van der Waals surface area contributed by atoms with Crippen LogP contribution in [0.2, 0.25) is 0 Å². The van der Waals surface area contributed by atoms with Gasteiger partial charge in [-0.05, 0) is 30.5 Å². The monoisotopic (exact) mass is 315 g/mol. The molecule has 0 N–H and O–H groups in total. The number of halogens is 2. The molecule has 0 bridgehead atoms. The van der Waals surface area contributed by atoms with Crippen molar-refractivity contribution in [1.82, 2.24) is 0 Å². The van der Waals surface area contributed by atoms with Crippen molar-refractivity contribution in [3.8, 4) is 6.07 Å². The third-order valence-electron chi connectivity index (χ3n) is 2.05. The summed E-state index contributed by atoms with van der Waals surface area (Å²) in [7, 11) is 0. The van der Waals surface area contributed by atoms with Gasteiger partial charge in [-0.15, -0.1) is 0 Å². The lowest BCUT2D eigenvalue weighted by Gasteiger charge is -2.07. The number of benzene rings is 1. The zero-order chi connectivity index (χ0) is 10.4. The van der Waals surface area contributed by atoms with Crippen LogP contribution in [0.15, 0.2) is 28.7 Å². The number of hydrogen-bond donors (Lipinski definition) is 0. The molecule has 14 heavy (non-hydrogen) atoms. The molecule has 0 saturated heterocycles. The molecule has 0 aromatic heterocycles. The summed E-state index contributed by atoms with van der Waals surface area (Å²) >= 11 is 6.75. The van der Waals surface area contributed by atoms with Crippen LogP contribution >= 0.6 is 31.9 Å². The Hall–Kier alpha value is -0.330. The van der Waals surface area contributed by atoms with Gasteiger partial charge in [-0.2, -0.15) is 5.26 Å². The van der Waals surface area contributed by atoms with E-state index >= 15 is 0 Å². The van der Waals surface area contributed by atoms with Crippen molar-refractivity contribution in [2.75, 3.05) is 5.33 Å². The number of hydrogen-bond acceptors (Lipinski definition) is 1. The highest BCUT2D eigenvalue weighted by molar-refractivity contribution is 9.10. The van der Waals surface area contributed by atoms with Crippen LogP contribution in [-0.2, 0) is 0 Å². The van der Waals surface area contributed by atoms with Crippen LogP contribution in [0.25, 0.3) is 0 Å². The van der Waals surface area contributed by atoms with E-state index in [4.69, 9.17) is 5.26 Å². The van der Waals surface area contributed by atoms with E-state index in [1.165, 1.54) is 0 Å². The highest BCUT2D eigenvalue weighted by Crippen LogP contribution is 2.22. The average Bonchev–Trinajstić information content (AvgIpc) is 2.21. The van der Waals surface area contributed by atoms with Gasteiger partial charge in [0.2, 0.25) is 0 Å². The normalized spacial score (nSPS) is 12.1. The lowest BCUT2D eigenvalue weighted by atomic mass is 9.96. The Labute approximate surface area is 101 Å². The van der Waals surface area contributed by atoms with Gasteiger partial charge in [0.1, 0.15) is 0 Å². The molecule has 0 heterocycles. The van der Waals surface area contributed by atoms with Crippen molar-refractivity contribution in [3.05, 3.63) is 34.3 Å². The summed E-state index contributed by atoms with van der Waals surface area (Å²) < 4.78 is 1.05. The second-order valence-corrected chi connectivity index (χ2v) is 4.77. The molecule has 0 spiro atoms. The van der Waals surface area contributed by atoms with Gasteiger partial charge in [-0.3, -0.25) is 0 Å². The highest BCUT2D eigenvalue weighted by atomic mass is 79.9. The maximum absolute atomic E-state index is 9.00. The van der Waals surface area contributed by atoms with Gasteiger partial charge in [0.15, 0.2) is 0 Å². The Balaban J connectivity index is 2.70. The highest BCUT2D eigenvalue weighted by Gasteiger charge is 2.09. The van der Waals surface area contributed by atoms with Crippen molar-refractivity contribution in [2.45, 2.75) is 18.8 Å². The predicted molar refractivity (Wildman–Crippen MR) is 65.5 cm³/mol. The van der Waals surface area contributed by atoms with Crippen molar-refractivity contribution in [2.24, 2.45) is 0 Å². The summed E-state index contributed by atoms with van der Waals surface area (Å²) in [6.45, 7) is 0. The summed E-state index contributed by atoms with van der Waals surface area (Å²) in [4.78, 5) is 0. The summed E-state index contributed by atoms with van der Waals surface area (Å²) in [5, 5.41) is 9.96. The first-order valence-electron chi connectivity index (χ1n) is 4.49. The molecule has 1 aromatic carbocycles. The molecule has 1 rings (SSSR count). The van der Waals surface area contributed by atoms with Crippen LogP contribution in [-0.4, -0.2) is 5.33 Å². The number of rotatable bonds is 4. The van der Waals surface area contributed by atoms with E-state index in [-0.39, 0.29) is 5.92 Å². The molecular formula is C11H11Br2N. The molecule has 74 valence electrons. The first-order chi connectivity index (χ1) is 6.77. The van der Waals surface area contributed by atoms with E-state index < -0.39 is 0 Å². The molecule has 0 aliphatic heterocycles. The summed E-state index contributed by atoms with van der Waals surface area (Å²) in [5.41, 5.74) is 1.11. The molecule has 3 heteroatoms. The molecule has 0 aliphatic carbocycles. The smallest absolute Gasteiger partial charge is 0.0713 e. The van der Waals surface area contributed by atoms with Crippen LogP contribution in [0, 0.1) is 11.3 Å². The molecule has 1 nitrogen and oxygen atoms in total. The molecule has 0 fully saturated rings. The first-order valence-corrected chi connectivity index (χ1v) is 6.40. The van der Waals surface area contributed by atoms with E-state index in [1.54, 1.807) is 0 Å². The minimum Gasteiger partial charge on any atom is -0.198 e. The fourth-order valence-corrected chi connectivity index (χ4v) is 1.87. The second kappa shape index (κ2) is 6.21. The van der Waals surface area contributed by atoms with Crippen molar-refractivity contribution >= 4 is 31.9 Å². The SMILES string of the molecule is N#CC(CCCBr)c1ccc(Br)cc1. The molecule has 0 aliphatic rings. The quantitative estimate of drug-likeness (QED) is 0.762. The van der Waals surface area contributed by atoms with E-state index in [0.29, 0.717) is 0 Å². The van der Waals surface area contributed by atoms with Gasteiger partial charge in [0, 0.05) is 9.80 Å². The van der Waals surface area contributed by atoms with Gasteiger partial charge < -0.3 is 0 Å². The summed E-state index contributed by atoms with van der Waals surface area (Å²) in [5.74, 6) is 0.0284. The lowest BCUT2D eigenvalue weighted by molar-refractivity contribution is 0.735. The van der Waals surface area contributed by atoms with Crippen LogP contribution in [0.4, 0.5) is 0 Å². The second-order valence-electron chi connectivity index (χ2n) is 3.06. The first kappa shape index (κ1) is 11.7. The Morgan fingerprint density at radius 3 is 2.43 bits per heavy atom. The van der Waals surface area contributed by atoms with Gasteiger partial charge in [-0.25, -0.2) is 0 Å². The Bertz CT molecular complexity index is 313. The zero-order valence-corrected chi connectivity index (χ0v) is 10.9. The largest absolute Gasteiger partial charge is 0.198 e. The van der Waals surface area contributed by atoms with E-state index in [2.05, 4.69) is 37.9 Å². The standard InChI is InChI=1S/C11H11Br2N/c12-7-1-2-10(8-14)9-3-5-11(13)6-4-9/h3-6,10H,1-2,7H2. The number of nitrogens with zero attached hydrogens (tertiary/aromatic N) is 1. The maximum Gasteiger partial charge on any atom is 0.0713 e. The summed E-state index contributed by atoms with van der Waals surface area (Å²) in [6.07, 6.45) is 1.96. The van der Waals surface area contributed by atoms with Crippen LogP contribution < -0.4 is 0 Å². The predicted octanol–water partition coefficient (Wildman–Crippen LogP) is 4.23. The van der Waals surface area contributed by atoms with Gasteiger partial charge in [0.05, 0.1) is 12.0 Å². The molecule has 0 amide bonds. The maximum atomic E-state index is 9.00. The Morgan fingerprint density at radius 2 is 1.93 bits per heavy atom. The fraction of sp³-hybridized carbons (Fsp3) is 0.364. The average molecular weight is 317 g/mol. The van der Waals surface area contributed by atoms with E-state index in [1.807, 2.05) is 24.3 Å². The number of nitriles is 1. The third kappa shape index (κ3) is 3.43. The summed E-state index contributed by atoms with van der Waals surface area (Å²) in [6, 6.07) is 10.3. The van der Waals surface area contributed by atoms with Crippen molar-refractivity contribution in [1.29, 1.82) is 5.26 Å². The Morgan fingerprint density at radius 1 is 1.29 bits per heavy atom. The van der Waals surface area contributed by atoms with Gasteiger partial charge >= 0.3 is 0 Å². The molecule has 1 aromatic rings. The van der Waals surface area contributed by atoms with Crippen molar-refractivity contribution in [3.63, 3.8) is 0 Å². The minimum absolute atomic E-state index is 0.0284. The third-order valence-corrected chi connectivity index (χ3v) is 3.14. The zero-order valence-electron chi connectivity index (χ0n) is 7.71. The van der Waals surface area contributed by atoms with Crippen molar-refractivity contribution < 1.29 is 0 Å². The fourth-order valence-electron chi connectivity index (χ4n) is 1.28. The van der Waals surface area contributed by atoms with Gasteiger partial charge in [-0.1, -0.05) is 44.0 Å². The van der Waals surface area contributed by atoms with Crippen LogP contribution in [0.5, 0.6) is 0 Å². The lowest BCUT2D eigenvalue weighted by Crippen LogP contribution is -1.95. The molecule has 1 atom stereocenters. The molecular weight excluding hydrogens is 306 g/mol.